The van der Waals surface area contributed by atoms with Crippen molar-refractivity contribution in [3.8, 4) is 0 Å². The lowest BCUT2D eigenvalue weighted by molar-refractivity contribution is 0.375. The molecule has 3 N–H and O–H groups in total. The van der Waals surface area contributed by atoms with Gasteiger partial charge in [-0.2, -0.15) is 4.98 Å². The minimum Gasteiger partial charge on any atom is -0.339 e. The molecule has 0 spiro atoms. The molecule has 1 aromatic carbocycles. The highest BCUT2D eigenvalue weighted by molar-refractivity contribution is 7.89. The van der Waals surface area contributed by atoms with E-state index in [2.05, 4.69) is 14.9 Å². The molecule has 0 fully saturated rings. The van der Waals surface area contributed by atoms with E-state index in [1.165, 1.54) is 0 Å². The van der Waals surface area contributed by atoms with Crippen LogP contribution in [0, 0.1) is 13.8 Å². The number of nitrogens with one attached hydrogen (secondary N) is 1. The molecular weight excluding hydrogens is 292 g/mol. The van der Waals surface area contributed by atoms with E-state index in [9.17, 15) is 8.42 Å². The van der Waals surface area contributed by atoms with Crippen molar-refractivity contribution in [1.82, 2.24) is 14.9 Å². The molecule has 114 valence electrons. The van der Waals surface area contributed by atoms with Gasteiger partial charge in [-0.3, -0.25) is 0 Å². The summed E-state index contributed by atoms with van der Waals surface area (Å²) in [6.07, 6.45) is 0.343. The van der Waals surface area contributed by atoms with E-state index in [4.69, 9.17) is 10.3 Å². The van der Waals surface area contributed by atoms with Gasteiger partial charge in [0.05, 0.1) is 4.90 Å². The summed E-state index contributed by atoms with van der Waals surface area (Å²) in [5.41, 5.74) is 7.38. The van der Waals surface area contributed by atoms with Gasteiger partial charge in [0, 0.05) is 19.5 Å². The minimum absolute atomic E-state index is 0.190. The van der Waals surface area contributed by atoms with Crippen molar-refractivity contribution in [3.05, 3.63) is 41.0 Å². The first-order valence-corrected chi connectivity index (χ1v) is 7.99. The fraction of sp³-hybridized carbons (Fsp3) is 0.385. The van der Waals surface area contributed by atoms with Crippen LogP contribution in [0.2, 0.25) is 0 Å². The van der Waals surface area contributed by atoms with Gasteiger partial charge >= 0.3 is 0 Å². The molecule has 2 aromatic rings. The summed E-state index contributed by atoms with van der Waals surface area (Å²) in [5, 5.41) is 3.65. The van der Waals surface area contributed by atoms with Crippen LogP contribution in [-0.2, 0) is 23.0 Å². The standard InChI is InChI=1S/C13H18N4O3S/c1-9-3-4-12(7-11(9)8-14)21(18,19)15-6-5-13-16-10(2)17-20-13/h3-4,7,15H,5-6,8,14H2,1-2H3. The Morgan fingerprint density at radius 2 is 2.10 bits per heavy atom. The summed E-state index contributed by atoms with van der Waals surface area (Å²) in [7, 11) is -3.57. The van der Waals surface area contributed by atoms with E-state index in [1.807, 2.05) is 6.92 Å². The molecule has 2 rings (SSSR count). The first-order chi connectivity index (χ1) is 9.92. The first kappa shape index (κ1) is 15.6. The molecule has 0 unspecified atom stereocenters. The minimum atomic E-state index is -3.57. The van der Waals surface area contributed by atoms with Gasteiger partial charge in [0.15, 0.2) is 5.82 Å². The van der Waals surface area contributed by atoms with Crippen LogP contribution in [0.3, 0.4) is 0 Å². The largest absolute Gasteiger partial charge is 0.339 e. The van der Waals surface area contributed by atoms with E-state index >= 15 is 0 Å². The zero-order chi connectivity index (χ0) is 15.5. The van der Waals surface area contributed by atoms with E-state index in [-0.39, 0.29) is 11.4 Å². The predicted octanol–water partition coefficient (Wildman–Crippen LogP) is 0.666. The Labute approximate surface area is 123 Å². The fourth-order valence-corrected chi connectivity index (χ4v) is 2.93. The second kappa shape index (κ2) is 6.33. The van der Waals surface area contributed by atoms with Crippen LogP contribution in [0.15, 0.2) is 27.6 Å². The van der Waals surface area contributed by atoms with E-state index in [0.717, 1.165) is 11.1 Å². The van der Waals surface area contributed by atoms with Gasteiger partial charge in [-0.05, 0) is 37.1 Å². The Morgan fingerprint density at radius 3 is 2.71 bits per heavy atom. The van der Waals surface area contributed by atoms with Crippen LogP contribution in [0.5, 0.6) is 0 Å². The number of nitrogens with two attached hydrogens (primary N) is 1. The van der Waals surface area contributed by atoms with Crippen molar-refractivity contribution < 1.29 is 12.9 Å². The third-order valence-electron chi connectivity index (χ3n) is 3.05. The maximum absolute atomic E-state index is 12.2. The van der Waals surface area contributed by atoms with Crippen LogP contribution >= 0.6 is 0 Å². The zero-order valence-electron chi connectivity index (χ0n) is 12.0. The zero-order valence-corrected chi connectivity index (χ0v) is 12.8. The average molecular weight is 310 g/mol. The lowest BCUT2D eigenvalue weighted by Gasteiger charge is -2.09. The van der Waals surface area contributed by atoms with Crippen LogP contribution < -0.4 is 10.5 Å². The molecule has 1 heterocycles. The first-order valence-electron chi connectivity index (χ1n) is 6.51. The lowest BCUT2D eigenvalue weighted by atomic mass is 10.1. The molecule has 0 radical (unpaired) electrons. The van der Waals surface area contributed by atoms with Crippen molar-refractivity contribution in [2.24, 2.45) is 5.73 Å². The van der Waals surface area contributed by atoms with Crippen LogP contribution in [0.1, 0.15) is 22.8 Å². The Bertz CT molecular complexity index is 725. The van der Waals surface area contributed by atoms with Gasteiger partial charge in [0.25, 0.3) is 0 Å². The van der Waals surface area contributed by atoms with Crippen molar-refractivity contribution in [2.45, 2.75) is 31.7 Å². The normalized spacial score (nSPS) is 11.8. The summed E-state index contributed by atoms with van der Waals surface area (Å²) in [5.74, 6) is 0.931. The Morgan fingerprint density at radius 1 is 1.33 bits per heavy atom. The summed E-state index contributed by atoms with van der Waals surface area (Å²) < 4.78 is 31.8. The number of aromatic nitrogens is 2. The summed E-state index contributed by atoms with van der Waals surface area (Å²) in [6.45, 7) is 4.09. The number of hydrogen-bond donors (Lipinski definition) is 2. The highest BCUT2D eigenvalue weighted by atomic mass is 32.2. The van der Waals surface area contributed by atoms with Crippen LogP contribution in [0.4, 0.5) is 0 Å². The van der Waals surface area contributed by atoms with Crippen LogP contribution in [-0.4, -0.2) is 25.1 Å². The Hall–Kier alpha value is -1.77. The van der Waals surface area contributed by atoms with E-state index < -0.39 is 10.0 Å². The highest BCUT2D eigenvalue weighted by Crippen LogP contribution is 2.15. The van der Waals surface area contributed by atoms with Gasteiger partial charge in [-0.15, -0.1) is 0 Å². The molecule has 0 atom stereocenters. The fourth-order valence-electron chi connectivity index (χ4n) is 1.85. The third-order valence-corrected chi connectivity index (χ3v) is 4.51. The quantitative estimate of drug-likeness (QED) is 0.811. The molecule has 0 saturated carbocycles. The number of aryl methyl sites for hydroxylation is 2. The molecule has 0 aliphatic heterocycles. The Balaban J connectivity index is 2.04. The number of rotatable bonds is 6. The van der Waals surface area contributed by atoms with E-state index in [1.54, 1.807) is 25.1 Å². The van der Waals surface area contributed by atoms with Gasteiger partial charge in [-0.25, -0.2) is 13.1 Å². The average Bonchev–Trinajstić information content (AvgIpc) is 2.84. The van der Waals surface area contributed by atoms with Gasteiger partial charge in [0.1, 0.15) is 0 Å². The molecule has 0 aliphatic rings. The Kier molecular flexibility index (Phi) is 4.71. The highest BCUT2D eigenvalue weighted by Gasteiger charge is 2.15. The number of hydrogen-bond acceptors (Lipinski definition) is 6. The van der Waals surface area contributed by atoms with Gasteiger partial charge in [0.2, 0.25) is 15.9 Å². The topological polar surface area (TPSA) is 111 Å². The second-order valence-electron chi connectivity index (χ2n) is 4.68. The van der Waals surface area contributed by atoms with E-state index in [0.29, 0.717) is 24.7 Å². The molecule has 0 amide bonds. The van der Waals surface area contributed by atoms with Gasteiger partial charge in [-0.1, -0.05) is 11.2 Å². The molecule has 0 bridgehead atoms. The number of nitrogens with zero attached hydrogens (tertiary/aromatic N) is 2. The van der Waals surface area contributed by atoms with Crippen molar-refractivity contribution in [1.29, 1.82) is 0 Å². The predicted molar refractivity (Wildman–Crippen MR) is 77.0 cm³/mol. The maximum Gasteiger partial charge on any atom is 0.240 e. The summed E-state index contributed by atoms with van der Waals surface area (Å²) in [6, 6.07) is 4.90. The van der Waals surface area contributed by atoms with Crippen molar-refractivity contribution in [2.75, 3.05) is 6.54 Å². The molecule has 0 saturated heterocycles. The molecule has 7 nitrogen and oxygen atoms in total. The molecule has 21 heavy (non-hydrogen) atoms. The maximum atomic E-state index is 12.2. The molecular formula is C13H18N4O3S. The van der Waals surface area contributed by atoms with Crippen LogP contribution in [0.25, 0.3) is 0 Å². The molecule has 0 aliphatic carbocycles. The smallest absolute Gasteiger partial charge is 0.240 e. The number of benzene rings is 1. The molecule has 8 heteroatoms. The summed E-state index contributed by atoms with van der Waals surface area (Å²) >= 11 is 0. The second-order valence-corrected chi connectivity index (χ2v) is 6.44. The monoisotopic (exact) mass is 310 g/mol. The molecule has 1 aromatic heterocycles. The SMILES string of the molecule is Cc1noc(CCNS(=O)(=O)c2ccc(C)c(CN)c2)n1. The van der Waals surface area contributed by atoms with Crippen molar-refractivity contribution in [3.63, 3.8) is 0 Å². The lowest BCUT2D eigenvalue weighted by Crippen LogP contribution is -2.26. The number of sulfonamides is 1. The van der Waals surface area contributed by atoms with Crippen molar-refractivity contribution >= 4 is 10.0 Å². The third kappa shape index (κ3) is 3.87. The van der Waals surface area contributed by atoms with Gasteiger partial charge < -0.3 is 10.3 Å². The summed E-state index contributed by atoms with van der Waals surface area (Å²) in [4.78, 5) is 4.22.